The summed E-state index contributed by atoms with van der Waals surface area (Å²) in [6.45, 7) is 4.38. The van der Waals surface area contributed by atoms with Gasteiger partial charge in [-0.3, -0.25) is 4.98 Å². The van der Waals surface area contributed by atoms with Crippen molar-refractivity contribution in [2.24, 2.45) is 0 Å². The Morgan fingerprint density at radius 2 is 1.79 bits per heavy atom. The van der Waals surface area contributed by atoms with Crippen LogP contribution in [0.2, 0.25) is 0 Å². The highest BCUT2D eigenvalue weighted by Gasteiger charge is 2.42. The molecule has 2 aliphatic rings. The maximum atomic E-state index is 11.9. The summed E-state index contributed by atoms with van der Waals surface area (Å²) in [7, 11) is 1.38. The number of hydrogen-bond acceptors (Lipinski definition) is 6. The van der Waals surface area contributed by atoms with Crippen LogP contribution in [0.3, 0.4) is 0 Å². The van der Waals surface area contributed by atoms with E-state index in [0.717, 1.165) is 39.8 Å². The van der Waals surface area contributed by atoms with Gasteiger partial charge in [-0.25, -0.2) is 4.79 Å². The lowest BCUT2D eigenvalue weighted by Crippen LogP contribution is -2.29. The molecule has 2 aromatic heterocycles. The zero-order chi connectivity index (χ0) is 26.4. The minimum absolute atomic E-state index is 0.174. The Balaban J connectivity index is 1.47. The molecule has 0 radical (unpaired) electrons. The first-order valence-corrected chi connectivity index (χ1v) is 12.6. The normalized spacial score (nSPS) is 18.0. The van der Waals surface area contributed by atoms with Crippen molar-refractivity contribution in [1.29, 1.82) is 0 Å². The Kier molecular flexibility index (Phi) is 6.00. The molecule has 4 aromatic rings. The molecule has 0 bridgehead atoms. The van der Waals surface area contributed by atoms with Gasteiger partial charge in [-0.15, -0.1) is 0 Å². The molecule has 38 heavy (non-hydrogen) atoms. The molecule has 1 fully saturated rings. The smallest absolute Gasteiger partial charge is 0.337 e. The highest BCUT2D eigenvalue weighted by atomic mass is 32.1. The summed E-state index contributed by atoms with van der Waals surface area (Å²) in [6.07, 6.45) is 1.80. The van der Waals surface area contributed by atoms with Gasteiger partial charge in [-0.05, 0) is 86.2 Å². The first kappa shape index (κ1) is 24.0. The van der Waals surface area contributed by atoms with Gasteiger partial charge in [-0.1, -0.05) is 6.07 Å². The molecular formula is C29H26N4O4S. The first-order valence-electron chi connectivity index (χ1n) is 12.2. The quantitative estimate of drug-likeness (QED) is 0.282. The fourth-order valence-electron chi connectivity index (χ4n) is 5.33. The second-order valence-electron chi connectivity index (χ2n) is 9.23. The van der Waals surface area contributed by atoms with Crippen LogP contribution >= 0.6 is 12.2 Å². The fourth-order valence-corrected chi connectivity index (χ4v) is 5.68. The molecule has 2 aliphatic heterocycles. The van der Waals surface area contributed by atoms with Crippen LogP contribution < -0.4 is 19.7 Å². The number of hydrogen-bond donors (Lipinski definition) is 1. The molecule has 0 saturated carbocycles. The number of fused-ring (bicyclic) bond motifs is 1. The van der Waals surface area contributed by atoms with E-state index in [0.29, 0.717) is 16.4 Å². The van der Waals surface area contributed by atoms with Gasteiger partial charge in [0.25, 0.3) is 0 Å². The minimum atomic E-state index is -0.360. The molecule has 1 N–H and O–H groups in total. The van der Waals surface area contributed by atoms with E-state index in [4.69, 9.17) is 26.4 Å². The van der Waals surface area contributed by atoms with Crippen LogP contribution in [-0.4, -0.2) is 34.5 Å². The van der Waals surface area contributed by atoms with Crippen molar-refractivity contribution in [3.05, 3.63) is 101 Å². The average Bonchev–Trinajstić information content (AvgIpc) is 3.63. The second-order valence-corrected chi connectivity index (χ2v) is 9.62. The Bertz CT molecular complexity index is 1530. The van der Waals surface area contributed by atoms with Gasteiger partial charge in [-0.2, -0.15) is 0 Å². The predicted octanol–water partition coefficient (Wildman–Crippen LogP) is 5.18. The standard InChI is InChI=1S/C29H26N4O4S/c1-17-14-22(18(2)32(17)20-9-7-19(8-10-20)28(34)35-3)27-26(23-6-4-5-13-30-23)31-29(38)33(27)21-11-12-24-25(15-21)37-16-36-24/h4-15,26-27H,16H2,1-3H3,(H,31,38). The highest BCUT2D eigenvalue weighted by Crippen LogP contribution is 2.46. The van der Waals surface area contributed by atoms with E-state index in [2.05, 4.69) is 39.7 Å². The summed E-state index contributed by atoms with van der Waals surface area (Å²) in [4.78, 5) is 18.7. The molecule has 4 heterocycles. The Morgan fingerprint density at radius 1 is 1.03 bits per heavy atom. The monoisotopic (exact) mass is 526 g/mol. The minimum Gasteiger partial charge on any atom is -0.465 e. The number of aromatic nitrogens is 2. The van der Waals surface area contributed by atoms with Crippen LogP contribution in [0.4, 0.5) is 5.69 Å². The Morgan fingerprint density at radius 3 is 2.53 bits per heavy atom. The van der Waals surface area contributed by atoms with E-state index in [-0.39, 0.29) is 24.8 Å². The average molecular weight is 527 g/mol. The van der Waals surface area contributed by atoms with E-state index in [1.54, 1.807) is 18.3 Å². The number of benzene rings is 2. The van der Waals surface area contributed by atoms with Crippen molar-refractivity contribution in [3.63, 3.8) is 0 Å². The molecule has 0 spiro atoms. The van der Waals surface area contributed by atoms with E-state index in [9.17, 15) is 4.79 Å². The lowest BCUT2D eigenvalue weighted by atomic mass is 9.96. The number of methoxy groups -OCH3 is 1. The predicted molar refractivity (Wildman–Crippen MR) is 147 cm³/mol. The van der Waals surface area contributed by atoms with E-state index in [1.807, 2.05) is 48.5 Å². The molecule has 8 nitrogen and oxygen atoms in total. The number of nitrogens with one attached hydrogen (secondary N) is 1. The van der Waals surface area contributed by atoms with Gasteiger partial charge in [0.15, 0.2) is 16.6 Å². The van der Waals surface area contributed by atoms with Crippen LogP contribution in [0.1, 0.15) is 45.1 Å². The van der Waals surface area contributed by atoms with Crippen LogP contribution in [-0.2, 0) is 4.74 Å². The van der Waals surface area contributed by atoms with Crippen LogP contribution in [0, 0.1) is 13.8 Å². The van der Waals surface area contributed by atoms with Gasteiger partial charge in [0.05, 0.1) is 30.5 Å². The van der Waals surface area contributed by atoms with Gasteiger partial charge in [0.2, 0.25) is 6.79 Å². The molecule has 6 rings (SSSR count). The van der Waals surface area contributed by atoms with Crippen molar-refractivity contribution in [1.82, 2.24) is 14.9 Å². The Labute approximate surface area is 225 Å². The molecule has 0 aliphatic carbocycles. The molecule has 2 atom stereocenters. The number of thiocarbonyl (C=S) groups is 1. The third kappa shape index (κ3) is 3.95. The number of pyridine rings is 1. The lowest BCUT2D eigenvalue weighted by molar-refractivity contribution is 0.0600. The SMILES string of the molecule is COC(=O)c1ccc(-n2c(C)cc(C3C(c4ccccn4)NC(=S)N3c3ccc4c(c3)OCO4)c2C)cc1. The molecular weight excluding hydrogens is 500 g/mol. The van der Waals surface area contributed by atoms with Gasteiger partial charge in [0.1, 0.15) is 0 Å². The number of ether oxygens (including phenoxy) is 3. The van der Waals surface area contributed by atoms with Gasteiger partial charge >= 0.3 is 5.97 Å². The third-order valence-electron chi connectivity index (χ3n) is 7.07. The van der Waals surface area contributed by atoms with Gasteiger partial charge < -0.3 is 29.0 Å². The first-order chi connectivity index (χ1) is 18.5. The summed E-state index contributed by atoms with van der Waals surface area (Å²) in [5, 5.41) is 4.13. The summed E-state index contributed by atoms with van der Waals surface area (Å²) < 4.78 is 18.2. The van der Waals surface area contributed by atoms with E-state index in [1.165, 1.54) is 7.11 Å². The Hall–Kier alpha value is -4.37. The van der Waals surface area contributed by atoms with E-state index >= 15 is 0 Å². The summed E-state index contributed by atoms with van der Waals surface area (Å²) >= 11 is 5.90. The number of carbonyl (C=O) groups excluding carboxylic acids is 1. The van der Waals surface area contributed by atoms with Gasteiger partial charge in [0, 0.05) is 35.0 Å². The number of rotatable bonds is 5. The molecule has 2 aromatic carbocycles. The molecule has 1 saturated heterocycles. The molecule has 2 unspecified atom stereocenters. The number of nitrogens with zero attached hydrogens (tertiary/aromatic N) is 3. The zero-order valence-electron chi connectivity index (χ0n) is 21.2. The van der Waals surface area contributed by atoms with Crippen LogP contribution in [0.25, 0.3) is 5.69 Å². The number of esters is 1. The maximum absolute atomic E-state index is 11.9. The topological polar surface area (TPSA) is 77.9 Å². The fraction of sp³-hybridized carbons (Fsp3) is 0.207. The molecule has 9 heteroatoms. The lowest BCUT2D eigenvalue weighted by Gasteiger charge is -2.28. The zero-order valence-corrected chi connectivity index (χ0v) is 22.0. The van der Waals surface area contributed by atoms with Crippen LogP contribution in [0.5, 0.6) is 11.5 Å². The largest absolute Gasteiger partial charge is 0.465 e. The number of anilines is 1. The van der Waals surface area contributed by atoms with Crippen molar-refractivity contribution >= 4 is 29.0 Å². The summed E-state index contributed by atoms with van der Waals surface area (Å²) in [6, 6.07) is 21.1. The highest BCUT2D eigenvalue weighted by molar-refractivity contribution is 7.80. The second kappa shape index (κ2) is 9.50. The number of carbonyl (C=O) groups is 1. The molecule has 0 amide bonds. The number of aryl methyl sites for hydroxylation is 1. The van der Waals surface area contributed by atoms with Crippen LogP contribution in [0.15, 0.2) is 72.9 Å². The summed E-state index contributed by atoms with van der Waals surface area (Å²) in [5.41, 5.74) is 6.51. The third-order valence-corrected chi connectivity index (χ3v) is 7.38. The van der Waals surface area contributed by atoms with Crippen molar-refractivity contribution in [3.8, 4) is 17.2 Å². The van der Waals surface area contributed by atoms with E-state index < -0.39 is 0 Å². The molecule has 192 valence electrons. The van der Waals surface area contributed by atoms with Crippen molar-refractivity contribution in [2.45, 2.75) is 25.9 Å². The van der Waals surface area contributed by atoms with Crippen molar-refractivity contribution < 1.29 is 19.0 Å². The maximum Gasteiger partial charge on any atom is 0.337 e. The van der Waals surface area contributed by atoms with Crippen molar-refractivity contribution in [2.75, 3.05) is 18.8 Å². The summed E-state index contributed by atoms with van der Waals surface area (Å²) in [5.74, 6) is 1.06.